The third-order valence-corrected chi connectivity index (χ3v) is 3.50. The smallest absolute Gasteiger partial charge is 0.148 e. The third kappa shape index (κ3) is 2.61. The van der Waals surface area contributed by atoms with Gasteiger partial charge in [-0.05, 0) is 24.8 Å². The first-order chi connectivity index (χ1) is 8.22. The predicted molar refractivity (Wildman–Crippen MR) is 73.3 cm³/mol. The Morgan fingerprint density at radius 1 is 1.53 bits per heavy atom. The van der Waals surface area contributed by atoms with E-state index in [2.05, 4.69) is 34.9 Å². The van der Waals surface area contributed by atoms with Crippen molar-refractivity contribution in [1.29, 1.82) is 0 Å². The van der Waals surface area contributed by atoms with Gasteiger partial charge in [0, 0.05) is 11.4 Å². The van der Waals surface area contributed by atoms with Crippen LogP contribution >= 0.6 is 11.3 Å². The molecule has 0 atom stereocenters. The number of nitrogen functional groups attached to an aromatic ring is 1. The lowest BCUT2D eigenvalue weighted by Gasteiger charge is -2.09. The topological polar surface area (TPSA) is 55.9 Å². The van der Waals surface area contributed by atoms with Crippen LogP contribution in [-0.2, 0) is 13.1 Å². The van der Waals surface area contributed by atoms with Crippen molar-refractivity contribution in [2.24, 2.45) is 0 Å². The Kier molecular flexibility index (Phi) is 3.68. The lowest BCUT2D eigenvalue weighted by atomic mass is 10.3. The SMILES string of the molecule is CCCn1nc(C)c(N)c1NCc1cccs1. The van der Waals surface area contributed by atoms with Gasteiger partial charge in [0.25, 0.3) is 0 Å². The highest BCUT2D eigenvalue weighted by Crippen LogP contribution is 2.23. The van der Waals surface area contributed by atoms with Gasteiger partial charge >= 0.3 is 0 Å². The molecule has 0 saturated carbocycles. The van der Waals surface area contributed by atoms with E-state index in [0.29, 0.717) is 0 Å². The zero-order valence-corrected chi connectivity index (χ0v) is 11.0. The molecule has 0 radical (unpaired) electrons. The zero-order chi connectivity index (χ0) is 12.3. The van der Waals surface area contributed by atoms with Gasteiger partial charge in [0.2, 0.25) is 0 Å². The fourth-order valence-electron chi connectivity index (χ4n) is 1.74. The second-order valence-electron chi connectivity index (χ2n) is 4.00. The van der Waals surface area contributed by atoms with E-state index in [1.165, 1.54) is 4.88 Å². The molecule has 0 unspecified atom stereocenters. The minimum absolute atomic E-state index is 0.759. The lowest BCUT2D eigenvalue weighted by Crippen LogP contribution is -2.08. The van der Waals surface area contributed by atoms with Crippen LogP contribution in [0.3, 0.4) is 0 Å². The molecule has 2 aromatic heterocycles. The molecule has 0 aliphatic rings. The molecule has 0 aromatic carbocycles. The number of nitrogens with one attached hydrogen (secondary N) is 1. The summed E-state index contributed by atoms with van der Waals surface area (Å²) in [5, 5.41) is 9.89. The van der Waals surface area contributed by atoms with Crippen LogP contribution in [0.2, 0.25) is 0 Å². The molecule has 0 aliphatic carbocycles. The molecule has 2 aromatic rings. The van der Waals surface area contributed by atoms with Gasteiger partial charge < -0.3 is 11.1 Å². The van der Waals surface area contributed by atoms with Crippen molar-refractivity contribution in [1.82, 2.24) is 9.78 Å². The molecule has 17 heavy (non-hydrogen) atoms. The van der Waals surface area contributed by atoms with Gasteiger partial charge in [-0.1, -0.05) is 13.0 Å². The second kappa shape index (κ2) is 5.23. The molecule has 2 heterocycles. The highest BCUT2D eigenvalue weighted by Gasteiger charge is 2.11. The van der Waals surface area contributed by atoms with E-state index in [-0.39, 0.29) is 0 Å². The highest BCUT2D eigenvalue weighted by molar-refractivity contribution is 7.09. The zero-order valence-electron chi connectivity index (χ0n) is 10.2. The first-order valence-corrected chi connectivity index (χ1v) is 6.69. The molecule has 0 saturated heterocycles. The third-order valence-electron chi connectivity index (χ3n) is 2.62. The first kappa shape index (κ1) is 12.0. The maximum absolute atomic E-state index is 6.03. The summed E-state index contributed by atoms with van der Waals surface area (Å²) in [6.45, 7) is 5.77. The molecule has 4 nitrogen and oxygen atoms in total. The van der Waals surface area contributed by atoms with Crippen LogP contribution in [0.4, 0.5) is 11.5 Å². The van der Waals surface area contributed by atoms with E-state index >= 15 is 0 Å². The molecule has 92 valence electrons. The molecule has 3 N–H and O–H groups in total. The average molecular weight is 250 g/mol. The quantitative estimate of drug-likeness (QED) is 0.858. The summed E-state index contributed by atoms with van der Waals surface area (Å²) in [7, 11) is 0. The minimum Gasteiger partial charge on any atom is -0.394 e. The Bertz CT molecular complexity index is 473. The number of aryl methyl sites for hydroxylation is 2. The van der Waals surface area contributed by atoms with Gasteiger partial charge in [-0.25, -0.2) is 4.68 Å². The van der Waals surface area contributed by atoms with E-state index in [4.69, 9.17) is 5.73 Å². The summed E-state index contributed by atoms with van der Waals surface area (Å²) < 4.78 is 1.96. The van der Waals surface area contributed by atoms with Crippen LogP contribution in [0.25, 0.3) is 0 Å². The van der Waals surface area contributed by atoms with Crippen LogP contribution in [0.1, 0.15) is 23.9 Å². The number of thiophene rings is 1. The molecule has 0 aliphatic heterocycles. The summed E-state index contributed by atoms with van der Waals surface area (Å²) in [5.41, 5.74) is 7.69. The monoisotopic (exact) mass is 250 g/mol. The number of aromatic nitrogens is 2. The van der Waals surface area contributed by atoms with Crippen molar-refractivity contribution in [2.45, 2.75) is 33.4 Å². The van der Waals surface area contributed by atoms with Crippen molar-refractivity contribution < 1.29 is 0 Å². The molecule has 0 fully saturated rings. The second-order valence-corrected chi connectivity index (χ2v) is 5.04. The van der Waals surface area contributed by atoms with E-state index in [9.17, 15) is 0 Å². The van der Waals surface area contributed by atoms with Crippen molar-refractivity contribution in [3.05, 3.63) is 28.1 Å². The molecule has 0 bridgehead atoms. The minimum atomic E-state index is 0.759. The summed E-state index contributed by atoms with van der Waals surface area (Å²) in [4.78, 5) is 1.30. The van der Waals surface area contributed by atoms with Crippen molar-refractivity contribution in [3.8, 4) is 0 Å². The van der Waals surface area contributed by atoms with E-state index in [1.54, 1.807) is 11.3 Å². The number of rotatable bonds is 5. The molecule has 2 rings (SSSR count). The Hall–Kier alpha value is -1.49. The van der Waals surface area contributed by atoms with Crippen LogP contribution in [-0.4, -0.2) is 9.78 Å². The van der Waals surface area contributed by atoms with Gasteiger partial charge in [0.05, 0.1) is 17.9 Å². The van der Waals surface area contributed by atoms with Crippen LogP contribution < -0.4 is 11.1 Å². The maximum Gasteiger partial charge on any atom is 0.148 e. The lowest BCUT2D eigenvalue weighted by molar-refractivity contribution is 0.603. The molecule has 0 amide bonds. The Morgan fingerprint density at radius 3 is 3.00 bits per heavy atom. The number of hydrogen-bond acceptors (Lipinski definition) is 4. The Balaban J connectivity index is 2.13. The summed E-state index contributed by atoms with van der Waals surface area (Å²) >= 11 is 1.74. The normalized spacial score (nSPS) is 10.7. The van der Waals surface area contributed by atoms with Crippen molar-refractivity contribution >= 4 is 22.8 Å². The number of nitrogens with zero attached hydrogens (tertiary/aromatic N) is 2. The largest absolute Gasteiger partial charge is 0.394 e. The number of nitrogens with two attached hydrogens (primary N) is 1. The highest BCUT2D eigenvalue weighted by atomic mass is 32.1. The fraction of sp³-hybridized carbons (Fsp3) is 0.417. The Labute approximate surface area is 105 Å². The van der Waals surface area contributed by atoms with E-state index < -0.39 is 0 Å². The fourth-order valence-corrected chi connectivity index (χ4v) is 2.38. The van der Waals surface area contributed by atoms with E-state index in [1.807, 2.05) is 11.6 Å². The first-order valence-electron chi connectivity index (χ1n) is 5.81. The number of hydrogen-bond donors (Lipinski definition) is 2. The summed E-state index contributed by atoms with van der Waals surface area (Å²) in [6.07, 6.45) is 1.05. The van der Waals surface area contributed by atoms with Crippen molar-refractivity contribution in [2.75, 3.05) is 11.1 Å². The predicted octanol–water partition coefficient (Wildman–Crippen LogP) is 2.86. The van der Waals surface area contributed by atoms with Gasteiger partial charge in [-0.15, -0.1) is 11.3 Å². The molecular weight excluding hydrogens is 232 g/mol. The maximum atomic E-state index is 6.03. The van der Waals surface area contributed by atoms with Gasteiger partial charge in [-0.2, -0.15) is 5.10 Å². The van der Waals surface area contributed by atoms with Gasteiger partial charge in [-0.3, -0.25) is 0 Å². The van der Waals surface area contributed by atoms with Crippen LogP contribution in [0, 0.1) is 6.92 Å². The average Bonchev–Trinajstić information content (AvgIpc) is 2.89. The summed E-state index contributed by atoms with van der Waals surface area (Å²) in [6, 6.07) is 4.17. The summed E-state index contributed by atoms with van der Waals surface area (Å²) in [5.74, 6) is 0.942. The van der Waals surface area contributed by atoms with E-state index in [0.717, 1.165) is 36.7 Å². The standard InChI is InChI=1S/C12H18N4S/c1-3-6-16-12(11(13)9(2)15-16)14-8-10-5-4-7-17-10/h4-5,7,14H,3,6,8,13H2,1-2H3. The number of anilines is 2. The van der Waals surface area contributed by atoms with Crippen LogP contribution in [0.5, 0.6) is 0 Å². The molecule has 5 heteroatoms. The Morgan fingerprint density at radius 2 is 2.35 bits per heavy atom. The van der Waals surface area contributed by atoms with Crippen LogP contribution in [0.15, 0.2) is 17.5 Å². The molecular formula is C12H18N4S. The molecule has 0 spiro atoms. The van der Waals surface area contributed by atoms with Gasteiger partial charge in [0.15, 0.2) is 0 Å². The van der Waals surface area contributed by atoms with Crippen molar-refractivity contribution in [3.63, 3.8) is 0 Å². The van der Waals surface area contributed by atoms with Gasteiger partial charge in [0.1, 0.15) is 5.82 Å².